The summed E-state index contributed by atoms with van der Waals surface area (Å²) in [6, 6.07) is 12.2. The summed E-state index contributed by atoms with van der Waals surface area (Å²) in [5, 5.41) is 2.83. The van der Waals surface area contributed by atoms with Crippen LogP contribution in [0.3, 0.4) is 0 Å². The molecule has 0 radical (unpaired) electrons. The highest BCUT2D eigenvalue weighted by Gasteiger charge is 2.20. The van der Waals surface area contributed by atoms with Crippen molar-refractivity contribution in [3.63, 3.8) is 0 Å². The molecule has 0 unspecified atom stereocenters. The standard InChI is InChI=1S/C19H20ClN3OS/c1-14-17(21-19(24-14)18-3-2-12-25-18)13-22-8-10-23(11-9-22)16-6-4-15(20)5-7-16/h2-7,12H,8-11,13H2,1H3. The van der Waals surface area contributed by atoms with Gasteiger partial charge in [0.2, 0.25) is 5.89 Å². The third-order valence-electron chi connectivity index (χ3n) is 4.56. The maximum atomic E-state index is 5.98. The molecule has 3 heterocycles. The van der Waals surface area contributed by atoms with Gasteiger partial charge in [-0.15, -0.1) is 11.3 Å². The summed E-state index contributed by atoms with van der Waals surface area (Å²) in [7, 11) is 0. The smallest absolute Gasteiger partial charge is 0.236 e. The number of hydrogen-bond acceptors (Lipinski definition) is 5. The Morgan fingerprint density at radius 1 is 1.12 bits per heavy atom. The Morgan fingerprint density at radius 3 is 2.56 bits per heavy atom. The van der Waals surface area contributed by atoms with Gasteiger partial charge in [-0.05, 0) is 42.6 Å². The van der Waals surface area contributed by atoms with Crippen molar-refractivity contribution in [3.05, 3.63) is 58.3 Å². The Hall–Kier alpha value is -1.82. The van der Waals surface area contributed by atoms with E-state index in [0.717, 1.165) is 60.0 Å². The summed E-state index contributed by atoms with van der Waals surface area (Å²) in [5.41, 5.74) is 2.28. The molecule has 1 saturated heterocycles. The highest BCUT2D eigenvalue weighted by molar-refractivity contribution is 7.13. The number of halogens is 1. The average molecular weight is 374 g/mol. The van der Waals surface area contributed by atoms with Crippen LogP contribution < -0.4 is 4.90 Å². The summed E-state index contributed by atoms with van der Waals surface area (Å²) in [6.45, 7) is 6.90. The molecular weight excluding hydrogens is 354 g/mol. The highest BCUT2D eigenvalue weighted by atomic mass is 35.5. The zero-order chi connectivity index (χ0) is 17.2. The molecule has 1 aromatic carbocycles. The van der Waals surface area contributed by atoms with Gasteiger partial charge in [0.1, 0.15) is 5.76 Å². The quantitative estimate of drug-likeness (QED) is 0.664. The van der Waals surface area contributed by atoms with Crippen molar-refractivity contribution in [1.82, 2.24) is 9.88 Å². The van der Waals surface area contributed by atoms with Gasteiger partial charge < -0.3 is 9.32 Å². The Balaban J connectivity index is 1.38. The van der Waals surface area contributed by atoms with Crippen molar-refractivity contribution in [2.75, 3.05) is 31.1 Å². The van der Waals surface area contributed by atoms with E-state index in [0.29, 0.717) is 0 Å². The number of oxazole rings is 1. The predicted octanol–water partition coefficient (Wildman–Crippen LogP) is 4.69. The molecule has 130 valence electrons. The zero-order valence-corrected chi connectivity index (χ0v) is 15.7. The Kier molecular flexibility index (Phi) is 4.79. The molecule has 4 rings (SSSR count). The van der Waals surface area contributed by atoms with Gasteiger partial charge in [0.05, 0.1) is 10.6 Å². The number of benzene rings is 1. The maximum Gasteiger partial charge on any atom is 0.236 e. The van der Waals surface area contributed by atoms with Crippen molar-refractivity contribution in [1.29, 1.82) is 0 Å². The number of piperazine rings is 1. The average Bonchev–Trinajstić information content (AvgIpc) is 3.27. The number of aryl methyl sites for hydroxylation is 1. The number of nitrogens with zero attached hydrogens (tertiary/aromatic N) is 3. The maximum absolute atomic E-state index is 5.98. The van der Waals surface area contributed by atoms with E-state index in [9.17, 15) is 0 Å². The van der Waals surface area contributed by atoms with Crippen LogP contribution in [-0.2, 0) is 6.54 Å². The van der Waals surface area contributed by atoms with Crippen LogP contribution in [0, 0.1) is 6.92 Å². The van der Waals surface area contributed by atoms with Gasteiger partial charge in [-0.1, -0.05) is 17.7 Å². The van der Waals surface area contributed by atoms with Gasteiger partial charge in [-0.2, -0.15) is 0 Å². The lowest BCUT2D eigenvalue weighted by molar-refractivity contribution is 0.246. The summed E-state index contributed by atoms with van der Waals surface area (Å²) in [6.07, 6.45) is 0. The molecule has 25 heavy (non-hydrogen) atoms. The molecule has 1 aliphatic heterocycles. The summed E-state index contributed by atoms with van der Waals surface area (Å²) in [4.78, 5) is 10.6. The minimum Gasteiger partial charge on any atom is -0.440 e. The first-order valence-corrected chi connectivity index (χ1v) is 9.68. The van der Waals surface area contributed by atoms with Gasteiger partial charge >= 0.3 is 0 Å². The van der Waals surface area contributed by atoms with Gasteiger partial charge in [0, 0.05) is 43.4 Å². The monoisotopic (exact) mass is 373 g/mol. The fourth-order valence-electron chi connectivity index (χ4n) is 3.11. The molecule has 0 amide bonds. The predicted molar refractivity (Wildman–Crippen MR) is 103 cm³/mol. The van der Waals surface area contributed by atoms with Gasteiger partial charge in [-0.25, -0.2) is 4.98 Å². The second-order valence-corrected chi connectivity index (χ2v) is 7.62. The first kappa shape index (κ1) is 16.6. The summed E-state index contributed by atoms with van der Waals surface area (Å²) < 4.78 is 5.85. The molecule has 4 nitrogen and oxygen atoms in total. The first-order chi connectivity index (χ1) is 12.2. The van der Waals surface area contributed by atoms with Crippen LogP contribution in [0.15, 0.2) is 46.2 Å². The van der Waals surface area contributed by atoms with E-state index < -0.39 is 0 Å². The van der Waals surface area contributed by atoms with E-state index in [1.165, 1.54) is 5.69 Å². The highest BCUT2D eigenvalue weighted by Crippen LogP contribution is 2.27. The summed E-state index contributed by atoms with van der Waals surface area (Å²) in [5.74, 6) is 1.66. The molecule has 3 aromatic rings. The molecular formula is C19H20ClN3OS. The van der Waals surface area contributed by atoms with Crippen LogP contribution in [0.4, 0.5) is 5.69 Å². The van der Waals surface area contributed by atoms with Crippen LogP contribution in [-0.4, -0.2) is 36.1 Å². The minimum atomic E-state index is 0.738. The topological polar surface area (TPSA) is 32.5 Å². The molecule has 0 bridgehead atoms. The third kappa shape index (κ3) is 3.73. The van der Waals surface area contributed by atoms with E-state index in [1.807, 2.05) is 36.6 Å². The number of hydrogen-bond donors (Lipinski definition) is 0. The number of anilines is 1. The second-order valence-electron chi connectivity index (χ2n) is 6.24. The van der Waals surface area contributed by atoms with E-state index >= 15 is 0 Å². The van der Waals surface area contributed by atoms with Crippen LogP contribution in [0.1, 0.15) is 11.5 Å². The molecule has 0 N–H and O–H groups in total. The Bertz CT molecular complexity index is 821. The zero-order valence-electron chi connectivity index (χ0n) is 14.1. The van der Waals surface area contributed by atoms with Crippen LogP contribution in [0.5, 0.6) is 0 Å². The Morgan fingerprint density at radius 2 is 1.88 bits per heavy atom. The molecule has 0 aliphatic carbocycles. The fourth-order valence-corrected chi connectivity index (χ4v) is 3.88. The summed E-state index contributed by atoms with van der Waals surface area (Å²) >= 11 is 7.63. The van der Waals surface area contributed by atoms with E-state index in [2.05, 4.69) is 21.9 Å². The first-order valence-electron chi connectivity index (χ1n) is 8.42. The number of rotatable bonds is 4. The molecule has 0 saturated carbocycles. The lowest BCUT2D eigenvalue weighted by Crippen LogP contribution is -2.46. The molecule has 6 heteroatoms. The van der Waals surface area contributed by atoms with Crippen molar-refractivity contribution >= 4 is 28.6 Å². The second kappa shape index (κ2) is 7.20. The number of aromatic nitrogens is 1. The van der Waals surface area contributed by atoms with Crippen LogP contribution >= 0.6 is 22.9 Å². The fraction of sp³-hybridized carbons (Fsp3) is 0.316. The van der Waals surface area contributed by atoms with Crippen LogP contribution in [0.25, 0.3) is 10.8 Å². The van der Waals surface area contributed by atoms with Gasteiger partial charge in [-0.3, -0.25) is 4.90 Å². The normalized spacial score (nSPS) is 15.7. The largest absolute Gasteiger partial charge is 0.440 e. The van der Waals surface area contributed by atoms with Gasteiger partial charge in [0.15, 0.2) is 0 Å². The molecule has 0 spiro atoms. The van der Waals surface area contributed by atoms with Crippen molar-refractivity contribution in [2.24, 2.45) is 0 Å². The molecule has 2 aromatic heterocycles. The Labute approximate surface area is 156 Å². The van der Waals surface area contributed by atoms with E-state index in [1.54, 1.807) is 11.3 Å². The number of thiophene rings is 1. The SMILES string of the molecule is Cc1oc(-c2cccs2)nc1CN1CCN(c2ccc(Cl)cc2)CC1. The van der Waals surface area contributed by atoms with E-state index in [-0.39, 0.29) is 0 Å². The minimum absolute atomic E-state index is 0.738. The van der Waals surface area contributed by atoms with Crippen molar-refractivity contribution in [3.8, 4) is 10.8 Å². The molecule has 0 atom stereocenters. The molecule has 1 aliphatic rings. The lowest BCUT2D eigenvalue weighted by atomic mass is 10.2. The third-order valence-corrected chi connectivity index (χ3v) is 5.67. The van der Waals surface area contributed by atoms with Crippen LogP contribution in [0.2, 0.25) is 5.02 Å². The lowest BCUT2D eigenvalue weighted by Gasteiger charge is -2.35. The van der Waals surface area contributed by atoms with Gasteiger partial charge in [0.25, 0.3) is 0 Å². The van der Waals surface area contributed by atoms with Crippen molar-refractivity contribution in [2.45, 2.75) is 13.5 Å². The van der Waals surface area contributed by atoms with Crippen molar-refractivity contribution < 1.29 is 4.42 Å². The van der Waals surface area contributed by atoms with E-state index in [4.69, 9.17) is 21.0 Å². The molecule has 1 fully saturated rings.